The van der Waals surface area contributed by atoms with Crippen LogP contribution in [0.3, 0.4) is 0 Å². The highest BCUT2D eigenvalue weighted by Gasteiger charge is 2.01. The quantitative estimate of drug-likeness (QED) is 0.631. The summed E-state index contributed by atoms with van der Waals surface area (Å²) in [5, 5.41) is 16.4. The Kier molecular flexibility index (Phi) is 1.33. The molecule has 0 spiro atoms. The Bertz CT molecular complexity index is 368. The molecule has 11 heavy (non-hydrogen) atoms. The van der Waals surface area contributed by atoms with Gasteiger partial charge in [0.25, 0.3) is 0 Å². The number of aliphatic hydroxyl groups excluding tert-OH is 1. The van der Waals surface area contributed by atoms with Gasteiger partial charge < -0.3 is 5.11 Å². The minimum Gasteiger partial charge on any atom is -0.390 e. The Morgan fingerprint density at radius 2 is 2.36 bits per heavy atom. The molecule has 0 bridgehead atoms. The largest absolute Gasteiger partial charge is 0.390 e. The highest BCUT2D eigenvalue weighted by Crippen LogP contribution is 2.05. The van der Waals surface area contributed by atoms with Gasteiger partial charge in [0.2, 0.25) is 0 Å². The van der Waals surface area contributed by atoms with Crippen molar-refractivity contribution in [3.8, 4) is 0 Å². The minimum absolute atomic E-state index is 0.0620. The number of pyridine rings is 1. The highest BCUT2D eigenvalue weighted by molar-refractivity contribution is 5.49. The second kappa shape index (κ2) is 2.32. The minimum atomic E-state index is -0.0620. The molecule has 4 nitrogen and oxygen atoms in total. The van der Waals surface area contributed by atoms with Crippen molar-refractivity contribution in [3.63, 3.8) is 0 Å². The van der Waals surface area contributed by atoms with Gasteiger partial charge in [-0.1, -0.05) is 11.3 Å². The molecule has 0 aromatic carbocycles. The number of hydrogen-bond donors (Lipinski definition) is 1. The van der Waals surface area contributed by atoms with Crippen LogP contribution in [0, 0.1) is 0 Å². The summed E-state index contributed by atoms with van der Waals surface area (Å²) in [7, 11) is 0. The van der Waals surface area contributed by atoms with Crippen molar-refractivity contribution in [1.29, 1.82) is 0 Å². The number of aromatic nitrogens is 3. The van der Waals surface area contributed by atoms with Crippen LogP contribution in [0.5, 0.6) is 0 Å². The lowest BCUT2D eigenvalue weighted by Crippen LogP contribution is -1.84. The van der Waals surface area contributed by atoms with Gasteiger partial charge in [0.15, 0.2) is 0 Å². The van der Waals surface area contributed by atoms with Crippen molar-refractivity contribution in [3.05, 3.63) is 30.1 Å². The molecule has 2 heterocycles. The lowest BCUT2D eigenvalue weighted by Gasteiger charge is -1.89. The summed E-state index contributed by atoms with van der Waals surface area (Å²) in [6.07, 6.45) is 1.79. The molecule has 1 N–H and O–H groups in total. The highest BCUT2D eigenvalue weighted by atomic mass is 16.3. The molecule has 56 valence electrons. The Labute approximate surface area is 63.1 Å². The zero-order valence-electron chi connectivity index (χ0n) is 5.81. The molecule has 0 radical (unpaired) electrons. The number of fused-ring (bicyclic) bond motifs is 1. The number of rotatable bonds is 1. The van der Waals surface area contributed by atoms with E-state index in [9.17, 15) is 0 Å². The lowest BCUT2D eigenvalue weighted by atomic mass is 10.3. The van der Waals surface area contributed by atoms with Gasteiger partial charge in [-0.05, 0) is 12.1 Å². The standard InChI is InChI=1S/C7H7N3O/c11-5-6-7-3-1-2-4-10(7)9-8-6/h1-4,11H,5H2. The second-order valence-electron chi connectivity index (χ2n) is 2.22. The van der Waals surface area contributed by atoms with E-state index >= 15 is 0 Å². The summed E-state index contributed by atoms with van der Waals surface area (Å²) in [4.78, 5) is 0. The average molecular weight is 149 g/mol. The topological polar surface area (TPSA) is 50.4 Å². The van der Waals surface area contributed by atoms with Crippen LogP contribution in [0.1, 0.15) is 5.69 Å². The van der Waals surface area contributed by atoms with Gasteiger partial charge in [0.1, 0.15) is 5.69 Å². The van der Waals surface area contributed by atoms with Crippen molar-refractivity contribution < 1.29 is 5.11 Å². The maximum atomic E-state index is 8.81. The van der Waals surface area contributed by atoms with Gasteiger partial charge in [-0.25, -0.2) is 4.52 Å². The Balaban J connectivity index is 2.76. The monoisotopic (exact) mass is 149 g/mol. The molecule has 2 aromatic rings. The van der Waals surface area contributed by atoms with Crippen LogP contribution in [-0.4, -0.2) is 19.9 Å². The predicted octanol–water partition coefficient (Wildman–Crippen LogP) is 0.222. The average Bonchev–Trinajstić information content (AvgIpc) is 2.47. The van der Waals surface area contributed by atoms with Crippen LogP contribution in [-0.2, 0) is 6.61 Å². The van der Waals surface area contributed by atoms with Crippen molar-refractivity contribution in [2.45, 2.75) is 6.61 Å². The van der Waals surface area contributed by atoms with E-state index < -0.39 is 0 Å². The van der Waals surface area contributed by atoms with Crippen molar-refractivity contribution >= 4 is 5.52 Å². The van der Waals surface area contributed by atoms with Crippen molar-refractivity contribution in [2.24, 2.45) is 0 Å². The van der Waals surface area contributed by atoms with Crippen LogP contribution in [0.25, 0.3) is 5.52 Å². The van der Waals surface area contributed by atoms with Crippen LogP contribution < -0.4 is 0 Å². The van der Waals surface area contributed by atoms with Gasteiger partial charge >= 0.3 is 0 Å². The van der Waals surface area contributed by atoms with Crippen LogP contribution in [0.2, 0.25) is 0 Å². The van der Waals surface area contributed by atoms with E-state index in [2.05, 4.69) is 10.3 Å². The van der Waals surface area contributed by atoms with E-state index in [1.165, 1.54) is 0 Å². The SMILES string of the molecule is OCc1nnn2ccccc12. The number of nitrogens with zero attached hydrogens (tertiary/aromatic N) is 3. The van der Waals surface area contributed by atoms with E-state index in [4.69, 9.17) is 5.11 Å². The van der Waals surface area contributed by atoms with Crippen molar-refractivity contribution in [1.82, 2.24) is 14.8 Å². The van der Waals surface area contributed by atoms with E-state index in [1.54, 1.807) is 10.7 Å². The molecule has 0 amide bonds. The molecule has 0 saturated heterocycles. The van der Waals surface area contributed by atoms with Gasteiger partial charge in [-0.3, -0.25) is 0 Å². The van der Waals surface area contributed by atoms with Crippen LogP contribution in [0.4, 0.5) is 0 Å². The Hall–Kier alpha value is -1.42. The Morgan fingerprint density at radius 1 is 1.45 bits per heavy atom. The van der Waals surface area contributed by atoms with Crippen molar-refractivity contribution in [2.75, 3.05) is 0 Å². The van der Waals surface area contributed by atoms with Gasteiger partial charge in [-0.2, -0.15) is 0 Å². The summed E-state index contributed by atoms with van der Waals surface area (Å²) in [6.45, 7) is -0.0620. The van der Waals surface area contributed by atoms with E-state index in [0.717, 1.165) is 5.52 Å². The fraction of sp³-hybridized carbons (Fsp3) is 0.143. The smallest absolute Gasteiger partial charge is 0.116 e. The van der Waals surface area contributed by atoms with Gasteiger partial charge in [0.05, 0.1) is 12.1 Å². The predicted molar refractivity (Wildman–Crippen MR) is 38.9 cm³/mol. The zero-order valence-corrected chi connectivity index (χ0v) is 5.81. The first-order valence-electron chi connectivity index (χ1n) is 3.31. The third-order valence-corrected chi connectivity index (χ3v) is 1.55. The summed E-state index contributed by atoms with van der Waals surface area (Å²) in [6, 6.07) is 5.62. The summed E-state index contributed by atoms with van der Waals surface area (Å²) in [5.41, 5.74) is 1.47. The van der Waals surface area contributed by atoms with Gasteiger partial charge in [-0.15, -0.1) is 5.10 Å². The maximum Gasteiger partial charge on any atom is 0.116 e. The van der Waals surface area contributed by atoms with Gasteiger partial charge in [0, 0.05) is 6.20 Å². The molecular weight excluding hydrogens is 142 g/mol. The number of aliphatic hydroxyl groups is 1. The zero-order chi connectivity index (χ0) is 7.68. The summed E-state index contributed by atoms with van der Waals surface area (Å²) in [5.74, 6) is 0. The van der Waals surface area contributed by atoms with E-state index in [1.807, 2.05) is 18.2 Å². The molecule has 0 atom stereocenters. The molecule has 0 fully saturated rings. The Morgan fingerprint density at radius 3 is 3.18 bits per heavy atom. The molecule has 2 rings (SSSR count). The van der Waals surface area contributed by atoms with E-state index in [-0.39, 0.29) is 6.61 Å². The molecule has 0 aliphatic carbocycles. The first kappa shape index (κ1) is 6.30. The molecule has 0 aliphatic rings. The van der Waals surface area contributed by atoms with Crippen LogP contribution >= 0.6 is 0 Å². The third kappa shape index (κ3) is 0.877. The first-order valence-corrected chi connectivity index (χ1v) is 3.31. The number of hydrogen-bond acceptors (Lipinski definition) is 3. The summed E-state index contributed by atoms with van der Waals surface area (Å²) < 4.78 is 1.63. The third-order valence-electron chi connectivity index (χ3n) is 1.55. The molecule has 0 saturated carbocycles. The molecule has 0 unspecified atom stereocenters. The molecule has 0 aliphatic heterocycles. The summed E-state index contributed by atoms with van der Waals surface area (Å²) >= 11 is 0. The molecule has 2 aromatic heterocycles. The lowest BCUT2D eigenvalue weighted by molar-refractivity contribution is 0.278. The molecular formula is C7H7N3O. The first-order chi connectivity index (χ1) is 5.42. The fourth-order valence-corrected chi connectivity index (χ4v) is 1.01. The maximum absolute atomic E-state index is 8.81. The fourth-order valence-electron chi connectivity index (χ4n) is 1.01. The second-order valence-corrected chi connectivity index (χ2v) is 2.22. The van der Waals surface area contributed by atoms with E-state index in [0.29, 0.717) is 5.69 Å². The normalized spacial score (nSPS) is 10.6. The molecule has 4 heteroatoms. The van der Waals surface area contributed by atoms with Crippen LogP contribution in [0.15, 0.2) is 24.4 Å².